The molecule has 1 atom stereocenters. The van der Waals surface area contributed by atoms with E-state index in [0.717, 1.165) is 38.2 Å². The Morgan fingerprint density at radius 3 is 2.50 bits per heavy atom. The fraction of sp³-hybridized carbons (Fsp3) is 0.857. The summed E-state index contributed by atoms with van der Waals surface area (Å²) in [7, 11) is -1.43. The van der Waals surface area contributed by atoms with Gasteiger partial charge in [-0.2, -0.15) is 4.98 Å². The highest BCUT2D eigenvalue weighted by molar-refractivity contribution is 7.89. The minimum absolute atomic E-state index is 0.0711. The van der Waals surface area contributed by atoms with Crippen molar-refractivity contribution in [1.82, 2.24) is 19.3 Å². The normalized spacial score (nSPS) is 19.7. The number of sulfonamides is 1. The van der Waals surface area contributed by atoms with Gasteiger partial charge in [-0.25, -0.2) is 12.7 Å². The molecule has 126 valence electrons. The molecule has 1 aliphatic heterocycles. The number of nitrogens with zero attached hydrogens (tertiary/aromatic N) is 4. The van der Waals surface area contributed by atoms with Gasteiger partial charge in [-0.15, -0.1) is 0 Å². The van der Waals surface area contributed by atoms with Gasteiger partial charge in [-0.1, -0.05) is 12.1 Å². The number of hydrogen-bond acceptors (Lipinski definition) is 6. The Hall–Kier alpha value is -0.990. The molecule has 0 amide bonds. The summed E-state index contributed by atoms with van der Waals surface area (Å²) in [6, 6.07) is 0.157. The standard InChI is InChI=1S/C14H26N4O3S/c1-5-13-15-14(21-16-13)11(3)18-9-7-12(8-10-18)17(4)22(19,20)6-2/h11-12H,5-10H2,1-4H3/t11-/m1/s1. The van der Waals surface area contributed by atoms with Crippen molar-refractivity contribution >= 4 is 10.0 Å². The summed E-state index contributed by atoms with van der Waals surface area (Å²) in [5.74, 6) is 1.53. The first kappa shape index (κ1) is 17.4. The Balaban J connectivity index is 1.94. The maximum absolute atomic E-state index is 12.0. The second-order valence-corrected chi connectivity index (χ2v) is 8.08. The molecule has 2 rings (SSSR count). The molecule has 1 aliphatic rings. The van der Waals surface area contributed by atoms with Gasteiger partial charge in [0, 0.05) is 32.6 Å². The first-order valence-corrected chi connectivity index (χ1v) is 9.52. The first-order chi connectivity index (χ1) is 10.4. The SMILES string of the molecule is CCc1noc([C@@H](C)N2CCC(N(C)S(=O)(=O)CC)CC2)n1. The zero-order valence-electron chi connectivity index (χ0n) is 13.8. The Kier molecular flexibility index (Phi) is 5.57. The topological polar surface area (TPSA) is 79.5 Å². The second-order valence-electron chi connectivity index (χ2n) is 5.76. The molecule has 8 heteroatoms. The molecule has 0 spiro atoms. The van der Waals surface area contributed by atoms with E-state index >= 15 is 0 Å². The Labute approximate surface area is 132 Å². The average molecular weight is 330 g/mol. The molecule has 1 aromatic heterocycles. The number of piperidine rings is 1. The van der Waals surface area contributed by atoms with Crippen molar-refractivity contribution in [2.45, 2.75) is 52.1 Å². The van der Waals surface area contributed by atoms with Crippen molar-refractivity contribution in [2.75, 3.05) is 25.9 Å². The van der Waals surface area contributed by atoms with Crippen LogP contribution in [0.4, 0.5) is 0 Å². The zero-order valence-corrected chi connectivity index (χ0v) is 14.6. The average Bonchev–Trinajstić information content (AvgIpc) is 3.02. The smallest absolute Gasteiger partial charge is 0.243 e. The lowest BCUT2D eigenvalue weighted by atomic mass is 10.0. The monoisotopic (exact) mass is 330 g/mol. The predicted octanol–water partition coefficient (Wildman–Crippen LogP) is 1.44. The lowest BCUT2D eigenvalue weighted by Crippen LogP contribution is -2.46. The Bertz CT molecular complexity index is 579. The maximum Gasteiger partial charge on any atom is 0.243 e. The van der Waals surface area contributed by atoms with Gasteiger partial charge < -0.3 is 4.52 Å². The van der Waals surface area contributed by atoms with E-state index < -0.39 is 10.0 Å². The molecule has 0 unspecified atom stereocenters. The van der Waals surface area contributed by atoms with Gasteiger partial charge in [0.25, 0.3) is 0 Å². The van der Waals surface area contributed by atoms with Gasteiger partial charge in [0.05, 0.1) is 11.8 Å². The van der Waals surface area contributed by atoms with Crippen LogP contribution in [0.5, 0.6) is 0 Å². The van der Waals surface area contributed by atoms with E-state index in [0.29, 0.717) is 5.89 Å². The number of aryl methyl sites for hydroxylation is 1. The van der Waals surface area contributed by atoms with Crippen LogP contribution in [-0.4, -0.2) is 59.7 Å². The zero-order chi connectivity index (χ0) is 16.3. The van der Waals surface area contributed by atoms with Crippen LogP contribution in [0, 0.1) is 0 Å². The second kappa shape index (κ2) is 7.06. The van der Waals surface area contributed by atoms with Gasteiger partial charge in [0.1, 0.15) is 0 Å². The van der Waals surface area contributed by atoms with E-state index in [1.54, 1.807) is 14.0 Å². The summed E-state index contributed by atoms with van der Waals surface area (Å²) in [5.41, 5.74) is 0. The fourth-order valence-corrected chi connectivity index (χ4v) is 3.88. The summed E-state index contributed by atoms with van der Waals surface area (Å²) < 4.78 is 30.7. The molecule has 1 aromatic rings. The van der Waals surface area contributed by atoms with Crippen LogP contribution in [0.25, 0.3) is 0 Å². The minimum atomic E-state index is -3.11. The van der Waals surface area contributed by atoms with Gasteiger partial charge in [0.15, 0.2) is 5.82 Å². The summed E-state index contributed by atoms with van der Waals surface area (Å²) in [6.07, 6.45) is 2.42. The third-order valence-electron chi connectivity index (χ3n) is 4.52. The molecule has 0 bridgehead atoms. The molecule has 0 radical (unpaired) electrons. The third kappa shape index (κ3) is 3.67. The molecule has 0 saturated carbocycles. The van der Waals surface area contributed by atoms with Crippen molar-refractivity contribution in [2.24, 2.45) is 0 Å². The highest BCUT2D eigenvalue weighted by Crippen LogP contribution is 2.25. The maximum atomic E-state index is 12.0. The highest BCUT2D eigenvalue weighted by atomic mass is 32.2. The molecular formula is C14H26N4O3S. The lowest BCUT2D eigenvalue weighted by molar-refractivity contribution is 0.114. The molecule has 0 aliphatic carbocycles. The summed E-state index contributed by atoms with van der Waals surface area (Å²) >= 11 is 0. The minimum Gasteiger partial charge on any atom is -0.338 e. The van der Waals surface area contributed by atoms with E-state index in [-0.39, 0.29) is 17.8 Å². The quantitative estimate of drug-likeness (QED) is 0.785. The van der Waals surface area contributed by atoms with Crippen molar-refractivity contribution in [3.05, 3.63) is 11.7 Å². The molecule has 2 heterocycles. The number of hydrogen-bond donors (Lipinski definition) is 0. The molecule has 1 fully saturated rings. The van der Waals surface area contributed by atoms with E-state index in [2.05, 4.69) is 22.0 Å². The summed E-state index contributed by atoms with van der Waals surface area (Å²) in [6.45, 7) is 7.40. The van der Waals surface area contributed by atoms with Crippen LogP contribution in [-0.2, 0) is 16.4 Å². The molecule has 0 aromatic carbocycles. The lowest BCUT2D eigenvalue weighted by Gasteiger charge is -2.37. The molecule has 7 nitrogen and oxygen atoms in total. The van der Waals surface area contributed by atoms with Crippen LogP contribution in [0.2, 0.25) is 0 Å². The van der Waals surface area contributed by atoms with Crippen LogP contribution in [0.15, 0.2) is 4.52 Å². The van der Waals surface area contributed by atoms with E-state index in [1.807, 2.05) is 6.92 Å². The molecule has 22 heavy (non-hydrogen) atoms. The molecular weight excluding hydrogens is 304 g/mol. The van der Waals surface area contributed by atoms with Crippen LogP contribution >= 0.6 is 0 Å². The van der Waals surface area contributed by atoms with E-state index in [9.17, 15) is 8.42 Å². The van der Waals surface area contributed by atoms with Crippen molar-refractivity contribution in [3.8, 4) is 0 Å². The van der Waals surface area contributed by atoms with Gasteiger partial charge >= 0.3 is 0 Å². The Morgan fingerprint density at radius 2 is 2.00 bits per heavy atom. The first-order valence-electron chi connectivity index (χ1n) is 7.91. The number of likely N-dealkylation sites (tertiary alicyclic amines) is 1. The molecule has 0 N–H and O–H groups in total. The Morgan fingerprint density at radius 1 is 1.36 bits per heavy atom. The van der Waals surface area contributed by atoms with Crippen LogP contribution in [0.1, 0.15) is 51.4 Å². The van der Waals surface area contributed by atoms with Crippen molar-refractivity contribution in [3.63, 3.8) is 0 Å². The van der Waals surface area contributed by atoms with Gasteiger partial charge in [-0.3, -0.25) is 4.90 Å². The summed E-state index contributed by atoms with van der Waals surface area (Å²) in [4.78, 5) is 6.66. The van der Waals surface area contributed by atoms with E-state index in [4.69, 9.17) is 4.52 Å². The van der Waals surface area contributed by atoms with Gasteiger partial charge in [-0.05, 0) is 26.7 Å². The highest BCUT2D eigenvalue weighted by Gasteiger charge is 2.31. The fourth-order valence-electron chi connectivity index (χ4n) is 2.80. The van der Waals surface area contributed by atoms with E-state index in [1.165, 1.54) is 4.31 Å². The summed E-state index contributed by atoms with van der Waals surface area (Å²) in [5, 5.41) is 3.94. The molecule has 1 saturated heterocycles. The van der Waals surface area contributed by atoms with Crippen LogP contribution < -0.4 is 0 Å². The van der Waals surface area contributed by atoms with Crippen molar-refractivity contribution < 1.29 is 12.9 Å². The predicted molar refractivity (Wildman–Crippen MR) is 83.9 cm³/mol. The third-order valence-corrected chi connectivity index (χ3v) is 6.43. The van der Waals surface area contributed by atoms with Crippen LogP contribution in [0.3, 0.4) is 0 Å². The number of aromatic nitrogens is 2. The van der Waals surface area contributed by atoms with Crippen molar-refractivity contribution in [1.29, 1.82) is 0 Å². The van der Waals surface area contributed by atoms with Gasteiger partial charge in [0.2, 0.25) is 15.9 Å². The number of rotatable bonds is 6. The largest absolute Gasteiger partial charge is 0.338 e.